The summed E-state index contributed by atoms with van der Waals surface area (Å²) in [6.07, 6.45) is -0.337. The van der Waals surface area contributed by atoms with E-state index in [0.717, 1.165) is 0 Å². The summed E-state index contributed by atoms with van der Waals surface area (Å²) in [6.45, 7) is -0.673. The minimum atomic E-state index is -3.89. The van der Waals surface area contributed by atoms with Crippen LogP contribution < -0.4 is 9.79 Å². The first-order valence-electron chi connectivity index (χ1n) is 2.12. The summed E-state index contributed by atoms with van der Waals surface area (Å²) in [5.74, 6) is 0. The van der Waals surface area contributed by atoms with Crippen LogP contribution in [0.5, 0.6) is 0 Å². The fraction of sp³-hybridized carbons (Fsp3) is 1.00. The molecule has 0 spiro atoms. The fourth-order valence-electron chi connectivity index (χ4n) is 0.258. The van der Waals surface area contributed by atoms with E-state index >= 15 is 0 Å². The highest BCUT2D eigenvalue weighted by molar-refractivity contribution is 8.05. The van der Waals surface area contributed by atoms with Crippen molar-refractivity contribution in [1.82, 2.24) is 0 Å². The van der Waals surface area contributed by atoms with Crippen molar-refractivity contribution in [2.24, 2.45) is 0 Å². The summed E-state index contributed by atoms with van der Waals surface area (Å²) in [5, 5.41) is 0. The standard InChI is InChI=1S/C3H9O3PS/c1-3(2)6-7(4,5)8/h3H,1-2H3,(H2,4,5,8)/p-2. The molecule has 0 aliphatic carbocycles. The molecule has 0 radical (unpaired) electrons. The average molecular weight is 154 g/mol. The Morgan fingerprint density at radius 3 is 1.88 bits per heavy atom. The van der Waals surface area contributed by atoms with Crippen LogP contribution in [0.25, 0.3) is 0 Å². The second-order valence-electron chi connectivity index (χ2n) is 1.60. The zero-order chi connectivity index (χ0) is 6.78. The molecule has 0 aromatic rings. The highest BCUT2D eigenvalue weighted by Crippen LogP contribution is 2.26. The van der Waals surface area contributed by atoms with E-state index in [-0.39, 0.29) is 6.10 Å². The lowest BCUT2D eigenvalue weighted by Crippen LogP contribution is -2.18. The summed E-state index contributed by atoms with van der Waals surface area (Å²) < 4.78 is 4.25. The summed E-state index contributed by atoms with van der Waals surface area (Å²) >= 11 is 3.94. The van der Waals surface area contributed by atoms with Crippen molar-refractivity contribution in [3.05, 3.63) is 0 Å². The van der Waals surface area contributed by atoms with Crippen molar-refractivity contribution in [2.45, 2.75) is 20.0 Å². The first kappa shape index (κ1) is 8.53. The molecule has 0 aliphatic heterocycles. The monoisotopic (exact) mass is 154 g/mol. The SMILES string of the molecule is CC(C)OP([O-])([O-])=S. The molecule has 5 heteroatoms. The highest BCUT2D eigenvalue weighted by Gasteiger charge is 1.89. The van der Waals surface area contributed by atoms with Crippen LogP contribution in [0.4, 0.5) is 0 Å². The van der Waals surface area contributed by atoms with Crippen molar-refractivity contribution in [3.63, 3.8) is 0 Å². The van der Waals surface area contributed by atoms with E-state index in [0.29, 0.717) is 0 Å². The van der Waals surface area contributed by atoms with Crippen LogP contribution in [0, 0.1) is 0 Å². The van der Waals surface area contributed by atoms with E-state index in [1.807, 2.05) is 0 Å². The minimum absolute atomic E-state index is 0.337. The zero-order valence-electron chi connectivity index (χ0n) is 4.66. The molecule has 0 saturated carbocycles. The van der Waals surface area contributed by atoms with Crippen molar-refractivity contribution in [1.29, 1.82) is 0 Å². The van der Waals surface area contributed by atoms with Crippen LogP contribution in [0.15, 0.2) is 0 Å². The summed E-state index contributed by atoms with van der Waals surface area (Å²) in [7, 11) is 0. The molecule has 8 heavy (non-hydrogen) atoms. The molecule has 3 nitrogen and oxygen atoms in total. The molecular formula is C3H7O3PS-2. The van der Waals surface area contributed by atoms with Crippen LogP contribution in [0.3, 0.4) is 0 Å². The second kappa shape index (κ2) is 2.90. The van der Waals surface area contributed by atoms with Gasteiger partial charge in [-0.05, 0) is 13.8 Å². The Morgan fingerprint density at radius 2 is 1.88 bits per heavy atom. The molecule has 0 rings (SSSR count). The van der Waals surface area contributed by atoms with Gasteiger partial charge in [0.05, 0.1) is 6.10 Å². The molecular weight excluding hydrogens is 147 g/mol. The molecule has 50 valence electrons. The van der Waals surface area contributed by atoms with Gasteiger partial charge in [-0.15, -0.1) is 11.8 Å². The van der Waals surface area contributed by atoms with Gasteiger partial charge in [0.15, 0.2) is 0 Å². The van der Waals surface area contributed by atoms with Crippen LogP contribution in [0.2, 0.25) is 0 Å². The lowest BCUT2D eigenvalue weighted by Gasteiger charge is -2.35. The topological polar surface area (TPSA) is 55.3 Å². The van der Waals surface area contributed by atoms with Gasteiger partial charge in [-0.1, -0.05) is 6.72 Å². The Balaban J connectivity index is 3.56. The van der Waals surface area contributed by atoms with Gasteiger partial charge in [0.2, 0.25) is 0 Å². The predicted molar refractivity (Wildman–Crippen MR) is 30.5 cm³/mol. The van der Waals surface area contributed by atoms with E-state index in [1.54, 1.807) is 13.8 Å². The quantitative estimate of drug-likeness (QED) is 0.496. The zero-order valence-corrected chi connectivity index (χ0v) is 6.37. The summed E-state index contributed by atoms with van der Waals surface area (Å²) in [6, 6.07) is 0. The normalized spacial score (nSPS) is 12.6. The Bertz CT molecular complexity index is 107. The van der Waals surface area contributed by atoms with Crippen molar-refractivity contribution in [3.8, 4) is 0 Å². The van der Waals surface area contributed by atoms with Gasteiger partial charge in [0, 0.05) is 0 Å². The largest absolute Gasteiger partial charge is 0.812 e. The highest BCUT2D eigenvalue weighted by atomic mass is 32.5. The molecule has 0 heterocycles. The van der Waals surface area contributed by atoms with Gasteiger partial charge in [0.1, 0.15) is 0 Å². The molecule has 0 aromatic heterocycles. The van der Waals surface area contributed by atoms with E-state index in [2.05, 4.69) is 16.3 Å². The molecule has 0 unspecified atom stereocenters. The maximum absolute atomic E-state index is 10.1. The number of hydrogen-bond donors (Lipinski definition) is 0. The summed E-state index contributed by atoms with van der Waals surface area (Å²) in [4.78, 5) is 20.1. The molecule has 0 N–H and O–H groups in total. The third-order valence-electron chi connectivity index (χ3n) is 0.340. The van der Waals surface area contributed by atoms with Crippen molar-refractivity contribution in [2.75, 3.05) is 0 Å². The Hall–Kier alpha value is 0.530. The first-order valence-corrected chi connectivity index (χ1v) is 4.68. The van der Waals surface area contributed by atoms with Crippen LogP contribution in [0.1, 0.15) is 13.8 Å². The number of rotatable bonds is 2. The summed E-state index contributed by atoms with van der Waals surface area (Å²) in [5.41, 5.74) is 0. The van der Waals surface area contributed by atoms with Gasteiger partial charge >= 0.3 is 0 Å². The Kier molecular flexibility index (Phi) is 3.09. The van der Waals surface area contributed by atoms with Gasteiger partial charge in [-0.3, -0.25) is 0 Å². The maximum atomic E-state index is 10.1. The van der Waals surface area contributed by atoms with Crippen LogP contribution >= 0.6 is 6.72 Å². The molecule has 0 aliphatic rings. The van der Waals surface area contributed by atoms with Crippen molar-refractivity contribution >= 4 is 18.5 Å². The van der Waals surface area contributed by atoms with E-state index in [9.17, 15) is 9.79 Å². The Morgan fingerprint density at radius 1 is 1.50 bits per heavy atom. The molecule has 0 atom stereocenters. The molecule has 0 bridgehead atoms. The van der Waals surface area contributed by atoms with Gasteiger partial charge < -0.3 is 14.3 Å². The van der Waals surface area contributed by atoms with Gasteiger partial charge in [0.25, 0.3) is 0 Å². The van der Waals surface area contributed by atoms with Gasteiger partial charge in [-0.2, -0.15) is 0 Å². The third kappa shape index (κ3) is 6.53. The van der Waals surface area contributed by atoms with E-state index in [4.69, 9.17) is 0 Å². The predicted octanol–water partition coefficient (Wildman–Crippen LogP) is -0.643. The number of hydrogen-bond acceptors (Lipinski definition) is 4. The first-order chi connectivity index (χ1) is 3.42. The lowest BCUT2D eigenvalue weighted by atomic mass is 10.5. The third-order valence-corrected chi connectivity index (χ3v) is 1.28. The second-order valence-corrected chi connectivity index (χ2v) is 4.05. The van der Waals surface area contributed by atoms with E-state index < -0.39 is 6.72 Å². The molecule has 0 saturated heterocycles. The minimum Gasteiger partial charge on any atom is -0.812 e. The molecule has 0 aromatic carbocycles. The van der Waals surface area contributed by atoms with E-state index in [1.165, 1.54) is 0 Å². The maximum Gasteiger partial charge on any atom is 0.0539 e. The van der Waals surface area contributed by atoms with Crippen molar-refractivity contribution < 1.29 is 14.3 Å². The lowest BCUT2D eigenvalue weighted by molar-refractivity contribution is -0.323. The molecule has 0 amide bonds. The average Bonchev–Trinajstić information content (AvgIpc) is 1.21. The fourth-order valence-corrected chi connectivity index (χ4v) is 1.29. The van der Waals surface area contributed by atoms with Crippen LogP contribution in [-0.4, -0.2) is 6.10 Å². The van der Waals surface area contributed by atoms with Crippen LogP contribution in [-0.2, 0) is 16.3 Å². The smallest absolute Gasteiger partial charge is 0.0539 e. The van der Waals surface area contributed by atoms with Gasteiger partial charge in [-0.25, -0.2) is 0 Å². The molecule has 0 fully saturated rings. The Labute approximate surface area is 53.6 Å².